The lowest BCUT2D eigenvalue weighted by atomic mass is 9.94. The van der Waals surface area contributed by atoms with Gasteiger partial charge in [-0.3, -0.25) is 4.79 Å². The van der Waals surface area contributed by atoms with Crippen LogP contribution in [-0.4, -0.2) is 12.5 Å². The van der Waals surface area contributed by atoms with Gasteiger partial charge in [0.05, 0.1) is 10.2 Å². The van der Waals surface area contributed by atoms with Gasteiger partial charge in [-0.1, -0.05) is 6.92 Å². The second-order valence-electron chi connectivity index (χ2n) is 5.81. The molecule has 108 valence electrons. The van der Waals surface area contributed by atoms with Crippen molar-refractivity contribution in [3.63, 3.8) is 0 Å². The van der Waals surface area contributed by atoms with Crippen LogP contribution < -0.4 is 10.5 Å². The van der Waals surface area contributed by atoms with Crippen LogP contribution in [0, 0.1) is 19.0 Å². The number of rotatable bonds is 4. The first-order valence-corrected chi connectivity index (χ1v) is 9.06. The van der Waals surface area contributed by atoms with Crippen LogP contribution in [0.2, 0.25) is 0 Å². The number of hydrogen-bond acceptors (Lipinski definition) is 2. The smallest absolute Gasteiger partial charge is 0.217 e. The summed E-state index contributed by atoms with van der Waals surface area (Å²) in [5, 5.41) is 0. The van der Waals surface area contributed by atoms with Gasteiger partial charge >= 0.3 is 0 Å². The molecule has 1 aliphatic heterocycles. The minimum Gasteiger partial charge on any atom is -0.492 e. The molecule has 3 unspecified atom stereocenters. The monoisotopic (exact) mass is 497 g/mol. The Hall–Kier alpha value is -0.0500. The number of carbonyl (C=O) groups is 1. The van der Waals surface area contributed by atoms with Crippen molar-refractivity contribution in [3.05, 3.63) is 24.3 Å². The molecule has 3 atom stereocenters. The Kier molecular flexibility index (Phi) is 4.18. The van der Waals surface area contributed by atoms with Crippen molar-refractivity contribution in [2.24, 2.45) is 17.6 Å². The number of ether oxygens (including phenoxy) is 1. The maximum absolute atomic E-state index is 11.1. The van der Waals surface area contributed by atoms with Gasteiger partial charge in [0.15, 0.2) is 0 Å². The van der Waals surface area contributed by atoms with E-state index in [-0.39, 0.29) is 5.91 Å². The molecule has 2 N–H and O–H groups in total. The number of benzene rings is 1. The second-order valence-corrected chi connectivity index (χ2v) is 8.14. The third kappa shape index (κ3) is 2.67. The SMILES string of the molecule is CC(CC(N)=O)C1CC1c1c(I)cc(I)c2c1CCO2. The molecule has 3 rings (SSSR count). The van der Waals surface area contributed by atoms with Gasteiger partial charge in [0.2, 0.25) is 5.91 Å². The van der Waals surface area contributed by atoms with Crippen LogP contribution in [0.15, 0.2) is 6.07 Å². The van der Waals surface area contributed by atoms with E-state index in [4.69, 9.17) is 10.5 Å². The molecule has 0 aromatic heterocycles. The van der Waals surface area contributed by atoms with E-state index >= 15 is 0 Å². The van der Waals surface area contributed by atoms with E-state index in [0.717, 1.165) is 18.8 Å². The van der Waals surface area contributed by atoms with E-state index in [1.165, 1.54) is 24.7 Å². The minimum atomic E-state index is -0.186. The van der Waals surface area contributed by atoms with Crippen molar-refractivity contribution in [3.8, 4) is 5.75 Å². The predicted octanol–water partition coefficient (Wildman–Crippen LogP) is 3.45. The molecular formula is C15H17I2NO2. The zero-order chi connectivity index (χ0) is 14.4. The Morgan fingerprint density at radius 2 is 2.25 bits per heavy atom. The largest absolute Gasteiger partial charge is 0.492 e. The van der Waals surface area contributed by atoms with Gasteiger partial charge in [-0.25, -0.2) is 0 Å². The Morgan fingerprint density at radius 1 is 1.50 bits per heavy atom. The molecule has 0 spiro atoms. The van der Waals surface area contributed by atoms with Crippen LogP contribution in [0.4, 0.5) is 0 Å². The van der Waals surface area contributed by atoms with Crippen molar-refractivity contribution in [2.45, 2.75) is 32.1 Å². The van der Waals surface area contributed by atoms with Gasteiger partial charge in [0, 0.05) is 22.0 Å². The molecule has 1 aliphatic carbocycles. The van der Waals surface area contributed by atoms with Crippen LogP contribution in [-0.2, 0) is 11.2 Å². The zero-order valence-corrected chi connectivity index (χ0v) is 15.6. The summed E-state index contributed by atoms with van der Waals surface area (Å²) >= 11 is 4.80. The molecule has 3 nitrogen and oxygen atoms in total. The number of nitrogens with two attached hydrogens (primary N) is 1. The summed E-state index contributed by atoms with van der Waals surface area (Å²) in [4.78, 5) is 11.1. The first-order valence-electron chi connectivity index (χ1n) is 6.91. The molecule has 1 saturated carbocycles. The lowest BCUT2D eigenvalue weighted by Crippen LogP contribution is -2.16. The highest BCUT2D eigenvalue weighted by molar-refractivity contribution is 14.1. The molecule has 0 radical (unpaired) electrons. The van der Waals surface area contributed by atoms with E-state index in [2.05, 4.69) is 58.2 Å². The van der Waals surface area contributed by atoms with Gasteiger partial charge in [0.25, 0.3) is 0 Å². The molecule has 1 aromatic carbocycles. The first kappa shape index (κ1) is 14.9. The molecular weight excluding hydrogens is 480 g/mol. The van der Waals surface area contributed by atoms with Gasteiger partial charge in [0.1, 0.15) is 5.75 Å². The Balaban J connectivity index is 1.87. The van der Waals surface area contributed by atoms with E-state index in [0.29, 0.717) is 24.2 Å². The molecule has 2 aliphatic rings. The average molecular weight is 497 g/mol. The predicted molar refractivity (Wildman–Crippen MR) is 94.9 cm³/mol. The fourth-order valence-electron chi connectivity index (χ4n) is 3.37. The second kappa shape index (κ2) is 5.62. The summed E-state index contributed by atoms with van der Waals surface area (Å²) in [7, 11) is 0. The van der Waals surface area contributed by atoms with Gasteiger partial charge in [-0.15, -0.1) is 0 Å². The number of halogens is 2. The quantitative estimate of drug-likeness (QED) is 0.649. The molecule has 20 heavy (non-hydrogen) atoms. The Labute approximate surface area is 146 Å². The lowest BCUT2D eigenvalue weighted by molar-refractivity contribution is -0.118. The normalized spacial score (nSPS) is 24.9. The summed E-state index contributed by atoms with van der Waals surface area (Å²) in [5.41, 5.74) is 8.20. The van der Waals surface area contributed by atoms with E-state index < -0.39 is 0 Å². The number of amides is 1. The zero-order valence-electron chi connectivity index (χ0n) is 11.3. The highest BCUT2D eigenvalue weighted by Crippen LogP contribution is 2.56. The van der Waals surface area contributed by atoms with Gasteiger partial charge in [-0.05, 0) is 81.0 Å². The van der Waals surface area contributed by atoms with Crippen molar-refractivity contribution in [2.75, 3.05) is 6.61 Å². The number of fused-ring (bicyclic) bond motifs is 1. The third-order valence-electron chi connectivity index (χ3n) is 4.39. The van der Waals surface area contributed by atoms with Crippen LogP contribution in [0.5, 0.6) is 5.75 Å². The molecule has 1 aromatic rings. The number of primary amides is 1. The van der Waals surface area contributed by atoms with E-state index in [1.54, 1.807) is 0 Å². The fraction of sp³-hybridized carbons (Fsp3) is 0.533. The van der Waals surface area contributed by atoms with Gasteiger partial charge in [-0.2, -0.15) is 0 Å². The van der Waals surface area contributed by atoms with Crippen LogP contribution in [0.3, 0.4) is 0 Å². The Bertz CT molecular complexity index is 573. The topological polar surface area (TPSA) is 52.3 Å². The van der Waals surface area contributed by atoms with Crippen molar-refractivity contribution >= 4 is 51.1 Å². The summed E-state index contributed by atoms with van der Waals surface area (Å²) in [5.74, 6) is 2.47. The Morgan fingerprint density at radius 3 is 2.95 bits per heavy atom. The highest BCUT2D eigenvalue weighted by atomic mass is 127. The number of hydrogen-bond donors (Lipinski definition) is 1. The van der Waals surface area contributed by atoms with Crippen molar-refractivity contribution < 1.29 is 9.53 Å². The average Bonchev–Trinajstić information content (AvgIpc) is 2.96. The minimum absolute atomic E-state index is 0.186. The molecule has 1 amide bonds. The molecule has 1 heterocycles. The summed E-state index contributed by atoms with van der Waals surface area (Å²) in [6, 6.07) is 2.22. The molecule has 5 heteroatoms. The maximum Gasteiger partial charge on any atom is 0.217 e. The van der Waals surface area contributed by atoms with Crippen LogP contribution in [0.1, 0.15) is 36.8 Å². The van der Waals surface area contributed by atoms with Gasteiger partial charge < -0.3 is 10.5 Å². The molecule has 0 saturated heterocycles. The van der Waals surface area contributed by atoms with Crippen molar-refractivity contribution in [1.82, 2.24) is 0 Å². The summed E-state index contributed by atoms with van der Waals surface area (Å²) < 4.78 is 8.33. The van der Waals surface area contributed by atoms with E-state index in [1.807, 2.05) is 0 Å². The summed E-state index contributed by atoms with van der Waals surface area (Å²) in [6.45, 7) is 2.94. The van der Waals surface area contributed by atoms with Crippen LogP contribution >= 0.6 is 45.2 Å². The molecule has 0 bridgehead atoms. The van der Waals surface area contributed by atoms with Crippen LogP contribution in [0.25, 0.3) is 0 Å². The third-order valence-corrected chi connectivity index (χ3v) is 6.08. The van der Waals surface area contributed by atoms with Crippen molar-refractivity contribution in [1.29, 1.82) is 0 Å². The number of carbonyl (C=O) groups excluding carboxylic acids is 1. The summed E-state index contributed by atoms with van der Waals surface area (Å²) in [6.07, 6.45) is 2.70. The molecule has 1 fully saturated rings. The fourth-order valence-corrected chi connectivity index (χ4v) is 5.80. The first-order chi connectivity index (χ1) is 9.49. The van der Waals surface area contributed by atoms with E-state index in [9.17, 15) is 4.79 Å². The maximum atomic E-state index is 11.1. The lowest BCUT2D eigenvalue weighted by Gasteiger charge is -2.13. The highest BCUT2D eigenvalue weighted by Gasteiger charge is 2.45. The standard InChI is InChI=1S/C15H17I2NO2/c1-7(4-13(18)19)9-5-10(9)14-8-2-3-20-15(8)12(17)6-11(14)16/h6-7,9-10H,2-5H2,1H3,(H2,18,19).